The van der Waals surface area contributed by atoms with Crippen LogP contribution in [0, 0.1) is 6.92 Å². The summed E-state index contributed by atoms with van der Waals surface area (Å²) in [5.74, 6) is -1.23. The zero-order chi connectivity index (χ0) is 12.3. The molecule has 1 rings (SSSR count). The molecule has 0 aliphatic rings. The summed E-state index contributed by atoms with van der Waals surface area (Å²) in [4.78, 5) is 22.4. The van der Waals surface area contributed by atoms with Gasteiger partial charge in [-0.05, 0) is 25.5 Å². The topological polar surface area (TPSA) is 92.4 Å². The molecule has 0 fully saturated rings. The molecule has 1 unspecified atom stereocenters. The Balaban J connectivity index is 2.89. The number of primary amides is 1. The zero-order valence-electron chi connectivity index (χ0n) is 9.15. The van der Waals surface area contributed by atoms with Gasteiger partial charge in [0.2, 0.25) is 5.91 Å². The quantitative estimate of drug-likeness (QED) is 0.687. The molecule has 0 aliphatic carbocycles. The number of amides is 2. The molecular weight excluding hydrogens is 208 g/mol. The average Bonchev–Trinajstić information content (AvgIpc) is 2.21. The largest absolute Gasteiger partial charge is 0.507 e. The Morgan fingerprint density at radius 3 is 2.62 bits per heavy atom. The molecule has 4 N–H and O–H groups in total. The van der Waals surface area contributed by atoms with Gasteiger partial charge in [0.25, 0.3) is 5.91 Å². The van der Waals surface area contributed by atoms with E-state index in [1.807, 2.05) is 0 Å². The molecule has 16 heavy (non-hydrogen) atoms. The van der Waals surface area contributed by atoms with Gasteiger partial charge in [0, 0.05) is 0 Å². The van der Waals surface area contributed by atoms with E-state index in [9.17, 15) is 14.7 Å². The first-order chi connectivity index (χ1) is 7.43. The van der Waals surface area contributed by atoms with Gasteiger partial charge in [0.05, 0.1) is 5.56 Å². The summed E-state index contributed by atoms with van der Waals surface area (Å²) >= 11 is 0. The van der Waals surface area contributed by atoms with Crippen LogP contribution in [-0.4, -0.2) is 23.0 Å². The van der Waals surface area contributed by atoms with Gasteiger partial charge in [0.1, 0.15) is 11.8 Å². The molecule has 0 saturated heterocycles. The summed E-state index contributed by atoms with van der Waals surface area (Å²) in [5, 5.41) is 12.0. The Bertz CT molecular complexity index is 429. The fraction of sp³-hybridized carbons (Fsp3) is 0.273. The van der Waals surface area contributed by atoms with E-state index in [-0.39, 0.29) is 11.3 Å². The second kappa shape index (κ2) is 4.65. The van der Waals surface area contributed by atoms with Crippen molar-refractivity contribution >= 4 is 11.8 Å². The van der Waals surface area contributed by atoms with Crippen LogP contribution in [0.2, 0.25) is 0 Å². The smallest absolute Gasteiger partial charge is 0.255 e. The van der Waals surface area contributed by atoms with Gasteiger partial charge in [-0.3, -0.25) is 9.59 Å². The van der Waals surface area contributed by atoms with Crippen LogP contribution in [0.15, 0.2) is 18.2 Å². The summed E-state index contributed by atoms with van der Waals surface area (Å²) in [5.41, 5.74) is 5.74. The number of hydrogen-bond donors (Lipinski definition) is 3. The lowest BCUT2D eigenvalue weighted by Gasteiger charge is -2.11. The molecule has 1 aromatic carbocycles. The van der Waals surface area contributed by atoms with Crippen LogP contribution in [-0.2, 0) is 4.79 Å². The van der Waals surface area contributed by atoms with Crippen molar-refractivity contribution in [2.75, 3.05) is 0 Å². The Hall–Kier alpha value is -2.04. The minimum atomic E-state index is -0.771. The fourth-order valence-corrected chi connectivity index (χ4v) is 1.19. The predicted molar refractivity (Wildman–Crippen MR) is 59.0 cm³/mol. The van der Waals surface area contributed by atoms with E-state index in [1.54, 1.807) is 19.1 Å². The van der Waals surface area contributed by atoms with Crippen LogP contribution in [0.5, 0.6) is 5.75 Å². The maximum atomic E-state index is 11.7. The molecule has 0 heterocycles. The number of hydrogen-bond acceptors (Lipinski definition) is 3. The molecule has 1 atom stereocenters. The first kappa shape index (κ1) is 12.0. The molecule has 0 bridgehead atoms. The van der Waals surface area contributed by atoms with E-state index in [0.717, 1.165) is 0 Å². The summed E-state index contributed by atoms with van der Waals surface area (Å²) in [7, 11) is 0. The maximum Gasteiger partial charge on any atom is 0.255 e. The zero-order valence-corrected chi connectivity index (χ0v) is 9.15. The lowest BCUT2D eigenvalue weighted by atomic mass is 10.1. The number of phenolic OH excluding ortho intramolecular Hbond substituents is 1. The third-order valence-corrected chi connectivity index (χ3v) is 2.26. The van der Waals surface area contributed by atoms with E-state index in [0.29, 0.717) is 5.56 Å². The Labute approximate surface area is 93.3 Å². The molecule has 0 aliphatic heterocycles. The lowest BCUT2D eigenvalue weighted by molar-refractivity contribution is -0.119. The Kier molecular flexibility index (Phi) is 3.50. The van der Waals surface area contributed by atoms with Crippen molar-refractivity contribution < 1.29 is 14.7 Å². The third kappa shape index (κ3) is 2.50. The highest BCUT2D eigenvalue weighted by atomic mass is 16.3. The minimum absolute atomic E-state index is 0.0864. The summed E-state index contributed by atoms with van der Waals surface area (Å²) in [6.07, 6.45) is 0. The number of carbonyl (C=O) groups is 2. The van der Waals surface area contributed by atoms with Gasteiger partial charge in [-0.1, -0.05) is 12.1 Å². The highest BCUT2D eigenvalue weighted by Crippen LogP contribution is 2.21. The van der Waals surface area contributed by atoms with Crippen LogP contribution in [0.25, 0.3) is 0 Å². The molecule has 0 aromatic heterocycles. The molecule has 2 amide bonds. The van der Waals surface area contributed by atoms with Crippen molar-refractivity contribution in [3.63, 3.8) is 0 Å². The van der Waals surface area contributed by atoms with Crippen LogP contribution in [0.4, 0.5) is 0 Å². The van der Waals surface area contributed by atoms with Crippen molar-refractivity contribution in [2.24, 2.45) is 5.73 Å². The normalized spacial score (nSPS) is 11.9. The minimum Gasteiger partial charge on any atom is -0.507 e. The second-order valence-electron chi connectivity index (χ2n) is 3.57. The van der Waals surface area contributed by atoms with Crippen LogP contribution >= 0.6 is 0 Å². The number of para-hydroxylation sites is 1. The highest BCUT2D eigenvalue weighted by molar-refractivity contribution is 5.99. The first-order valence-electron chi connectivity index (χ1n) is 4.82. The third-order valence-electron chi connectivity index (χ3n) is 2.26. The molecule has 1 aromatic rings. The van der Waals surface area contributed by atoms with Gasteiger partial charge in [-0.2, -0.15) is 0 Å². The van der Waals surface area contributed by atoms with Crippen molar-refractivity contribution in [3.8, 4) is 5.75 Å². The number of aromatic hydroxyl groups is 1. The number of nitrogens with two attached hydrogens (primary N) is 1. The van der Waals surface area contributed by atoms with E-state index in [2.05, 4.69) is 5.32 Å². The molecule has 86 valence electrons. The summed E-state index contributed by atoms with van der Waals surface area (Å²) in [6.45, 7) is 3.16. The van der Waals surface area contributed by atoms with Crippen molar-refractivity contribution in [2.45, 2.75) is 19.9 Å². The number of carbonyl (C=O) groups excluding carboxylic acids is 2. The molecule has 5 heteroatoms. The van der Waals surface area contributed by atoms with Crippen molar-refractivity contribution in [1.29, 1.82) is 0 Å². The predicted octanol–water partition coefficient (Wildman–Crippen LogP) is 0.304. The van der Waals surface area contributed by atoms with Crippen LogP contribution in [0.3, 0.4) is 0 Å². The maximum absolute atomic E-state index is 11.7. The molecule has 0 radical (unpaired) electrons. The number of aryl methyl sites for hydroxylation is 1. The lowest BCUT2D eigenvalue weighted by Crippen LogP contribution is -2.42. The highest BCUT2D eigenvalue weighted by Gasteiger charge is 2.16. The van der Waals surface area contributed by atoms with Gasteiger partial charge in [-0.15, -0.1) is 0 Å². The fourth-order valence-electron chi connectivity index (χ4n) is 1.19. The van der Waals surface area contributed by atoms with E-state index >= 15 is 0 Å². The Morgan fingerprint density at radius 1 is 1.44 bits per heavy atom. The first-order valence-corrected chi connectivity index (χ1v) is 4.82. The van der Waals surface area contributed by atoms with E-state index in [1.165, 1.54) is 13.0 Å². The summed E-state index contributed by atoms with van der Waals surface area (Å²) in [6, 6.07) is 4.04. The number of nitrogens with one attached hydrogen (secondary N) is 1. The van der Waals surface area contributed by atoms with Gasteiger partial charge in [-0.25, -0.2) is 0 Å². The van der Waals surface area contributed by atoms with Gasteiger partial charge in [0.15, 0.2) is 0 Å². The summed E-state index contributed by atoms with van der Waals surface area (Å²) < 4.78 is 0. The second-order valence-corrected chi connectivity index (χ2v) is 3.57. The van der Waals surface area contributed by atoms with Crippen molar-refractivity contribution in [3.05, 3.63) is 29.3 Å². The average molecular weight is 222 g/mol. The number of phenols is 1. The molecule has 0 spiro atoms. The molecular formula is C11H14N2O3. The monoisotopic (exact) mass is 222 g/mol. The molecule has 5 nitrogen and oxygen atoms in total. The number of rotatable bonds is 3. The van der Waals surface area contributed by atoms with Gasteiger partial charge < -0.3 is 16.2 Å². The van der Waals surface area contributed by atoms with Gasteiger partial charge >= 0.3 is 0 Å². The molecule has 0 saturated carbocycles. The van der Waals surface area contributed by atoms with E-state index < -0.39 is 17.9 Å². The SMILES string of the molecule is Cc1cccc(C(=O)NC(C)C(N)=O)c1O. The van der Waals surface area contributed by atoms with Crippen molar-refractivity contribution in [1.82, 2.24) is 5.32 Å². The van der Waals surface area contributed by atoms with Crippen LogP contribution < -0.4 is 11.1 Å². The standard InChI is InChI=1S/C11H14N2O3/c1-6-4-3-5-8(9(6)14)11(16)13-7(2)10(12)15/h3-5,7,14H,1-2H3,(H2,12,15)(H,13,16). The van der Waals surface area contributed by atoms with Crippen LogP contribution in [0.1, 0.15) is 22.8 Å². The number of benzene rings is 1. The Morgan fingerprint density at radius 2 is 2.06 bits per heavy atom. The van der Waals surface area contributed by atoms with E-state index in [4.69, 9.17) is 5.73 Å².